The molecule has 0 aromatic heterocycles. The van der Waals surface area contributed by atoms with Gasteiger partial charge in [-0.3, -0.25) is 4.79 Å². The zero-order chi connectivity index (χ0) is 19.4. The molecule has 0 spiro atoms. The number of ether oxygens (including phenoxy) is 2. The monoisotopic (exact) mass is 401 g/mol. The van der Waals surface area contributed by atoms with Crippen molar-refractivity contribution in [3.8, 4) is 11.5 Å². The summed E-state index contributed by atoms with van der Waals surface area (Å²) in [5.74, 6) is -0.115. The lowest BCUT2D eigenvalue weighted by Gasteiger charge is -2.11. The fourth-order valence-corrected chi connectivity index (χ4v) is 3.41. The molecule has 0 bridgehead atoms. The van der Waals surface area contributed by atoms with Gasteiger partial charge >= 0.3 is 5.97 Å². The van der Waals surface area contributed by atoms with Crippen LogP contribution in [0.1, 0.15) is 21.5 Å². The van der Waals surface area contributed by atoms with Gasteiger partial charge in [0.05, 0.1) is 17.6 Å². The maximum Gasteiger partial charge on any atom is 0.335 e. The van der Waals surface area contributed by atoms with E-state index in [4.69, 9.17) is 26.8 Å². The minimum atomic E-state index is -0.969. The summed E-state index contributed by atoms with van der Waals surface area (Å²) < 4.78 is 11.6. The molecule has 1 amide bonds. The molecule has 0 radical (unpaired) electrons. The van der Waals surface area contributed by atoms with Gasteiger partial charge < -0.3 is 19.9 Å². The number of methoxy groups -OCH3 is 1. The van der Waals surface area contributed by atoms with Crippen molar-refractivity contribution >= 4 is 46.3 Å². The molecule has 8 heteroatoms. The number of amides is 1. The average Bonchev–Trinajstić information content (AvgIpc) is 2.97. The lowest BCUT2D eigenvalue weighted by atomic mass is 10.1. The average molecular weight is 401 g/mol. The van der Waals surface area contributed by atoms with Crippen LogP contribution in [-0.2, 0) is 11.4 Å². The molecule has 2 aromatic rings. The molecule has 1 saturated heterocycles. The molecule has 2 N–H and O–H groups in total. The van der Waals surface area contributed by atoms with E-state index in [9.17, 15) is 9.59 Å². The first-order chi connectivity index (χ1) is 13.0. The number of carboxylic acid groups (broad SMARTS) is 1. The Morgan fingerprint density at radius 1 is 1.22 bits per heavy atom. The van der Waals surface area contributed by atoms with Gasteiger partial charge in [-0.25, -0.2) is 4.79 Å². The maximum atomic E-state index is 11.8. The van der Waals surface area contributed by atoms with E-state index in [1.165, 1.54) is 31.0 Å². The largest absolute Gasteiger partial charge is 0.493 e. The molecular formula is C19H15NO5S2. The van der Waals surface area contributed by atoms with Crippen molar-refractivity contribution in [3.05, 3.63) is 64.1 Å². The van der Waals surface area contributed by atoms with Crippen LogP contribution in [0.4, 0.5) is 0 Å². The number of rotatable bonds is 6. The summed E-state index contributed by atoms with van der Waals surface area (Å²) in [5.41, 5.74) is 1.84. The van der Waals surface area contributed by atoms with Crippen molar-refractivity contribution in [3.63, 3.8) is 0 Å². The van der Waals surface area contributed by atoms with E-state index in [1.54, 1.807) is 30.3 Å². The highest BCUT2D eigenvalue weighted by molar-refractivity contribution is 8.26. The normalized spacial score (nSPS) is 14.9. The Bertz CT molecular complexity index is 938. The minimum absolute atomic E-state index is 0.214. The van der Waals surface area contributed by atoms with Crippen LogP contribution in [0.15, 0.2) is 47.4 Å². The van der Waals surface area contributed by atoms with E-state index >= 15 is 0 Å². The van der Waals surface area contributed by atoms with Crippen LogP contribution < -0.4 is 14.8 Å². The molecular weight excluding hydrogens is 386 g/mol. The molecule has 1 fully saturated rings. The van der Waals surface area contributed by atoms with Gasteiger partial charge in [0.25, 0.3) is 5.91 Å². The van der Waals surface area contributed by atoms with Gasteiger partial charge in [0.15, 0.2) is 11.5 Å². The Kier molecular flexibility index (Phi) is 5.78. The first-order valence-corrected chi connectivity index (χ1v) is 9.06. The smallest absolute Gasteiger partial charge is 0.335 e. The van der Waals surface area contributed by atoms with Crippen LogP contribution >= 0.6 is 24.0 Å². The predicted molar refractivity (Wildman–Crippen MR) is 107 cm³/mol. The molecule has 0 aliphatic carbocycles. The Balaban J connectivity index is 1.73. The quantitative estimate of drug-likeness (QED) is 0.566. The topological polar surface area (TPSA) is 84.9 Å². The summed E-state index contributed by atoms with van der Waals surface area (Å²) >= 11 is 6.19. The molecule has 138 valence electrons. The number of aromatic carboxylic acids is 1. The van der Waals surface area contributed by atoms with E-state index in [0.29, 0.717) is 20.7 Å². The predicted octanol–water partition coefficient (Wildman–Crippen LogP) is 3.46. The van der Waals surface area contributed by atoms with Gasteiger partial charge in [-0.05, 0) is 41.5 Å². The number of benzene rings is 2. The van der Waals surface area contributed by atoms with Crippen molar-refractivity contribution in [2.75, 3.05) is 7.11 Å². The van der Waals surface area contributed by atoms with Gasteiger partial charge in [0, 0.05) is 0 Å². The van der Waals surface area contributed by atoms with Crippen LogP contribution in [0.2, 0.25) is 0 Å². The lowest BCUT2D eigenvalue weighted by Crippen LogP contribution is -2.17. The third-order valence-corrected chi connectivity index (χ3v) is 4.89. The molecule has 2 aromatic carbocycles. The fraction of sp³-hybridized carbons (Fsp3) is 0.105. The van der Waals surface area contributed by atoms with E-state index < -0.39 is 5.97 Å². The lowest BCUT2D eigenvalue weighted by molar-refractivity contribution is -0.115. The molecule has 0 saturated carbocycles. The van der Waals surface area contributed by atoms with Gasteiger partial charge in [0.2, 0.25) is 0 Å². The molecule has 0 atom stereocenters. The minimum Gasteiger partial charge on any atom is -0.493 e. The van der Waals surface area contributed by atoms with Crippen molar-refractivity contribution in [1.82, 2.24) is 5.32 Å². The van der Waals surface area contributed by atoms with Crippen molar-refractivity contribution in [2.45, 2.75) is 6.61 Å². The highest BCUT2D eigenvalue weighted by Gasteiger charge is 2.22. The number of carbonyl (C=O) groups excluding carboxylic acids is 1. The van der Waals surface area contributed by atoms with Crippen LogP contribution in [0, 0.1) is 0 Å². The Hall–Kier alpha value is -2.84. The molecule has 27 heavy (non-hydrogen) atoms. The van der Waals surface area contributed by atoms with E-state index in [0.717, 1.165) is 11.1 Å². The molecule has 3 rings (SSSR count). The summed E-state index contributed by atoms with van der Waals surface area (Å²) in [5, 5.41) is 11.5. The maximum absolute atomic E-state index is 11.8. The standard InChI is InChI=1S/C19H15NO5S2/c1-24-15-8-12(9-16-17(21)20-19(26)27-16)4-7-14(15)25-10-11-2-5-13(6-3-11)18(22)23/h2-9H,10H2,1H3,(H,22,23)(H,20,21,26). The zero-order valence-electron chi connectivity index (χ0n) is 14.2. The number of thioether (sulfide) groups is 1. The number of nitrogens with one attached hydrogen (secondary N) is 1. The van der Waals surface area contributed by atoms with Crippen molar-refractivity contribution in [2.24, 2.45) is 0 Å². The fourth-order valence-electron chi connectivity index (χ4n) is 2.37. The third-order valence-electron chi connectivity index (χ3n) is 3.72. The highest BCUT2D eigenvalue weighted by atomic mass is 32.2. The van der Waals surface area contributed by atoms with Crippen LogP contribution in [0.5, 0.6) is 11.5 Å². The zero-order valence-corrected chi connectivity index (χ0v) is 15.9. The summed E-state index contributed by atoms with van der Waals surface area (Å²) in [7, 11) is 1.53. The van der Waals surface area contributed by atoms with Gasteiger partial charge in [-0.2, -0.15) is 0 Å². The number of carboxylic acids is 1. The van der Waals surface area contributed by atoms with Gasteiger partial charge in [0.1, 0.15) is 10.9 Å². The first-order valence-electron chi connectivity index (χ1n) is 7.84. The van der Waals surface area contributed by atoms with Gasteiger partial charge in [-0.15, -0.1) is 0 Å². The summed E-state index contributed by atoms with van der Waals surface area (Å²) in [6.45, 7) is 0.267. The second-order valence-electron chi connectivity index (χ2n) is 5.55. The summed E-state index contributed by atoms with van der Waals surface area (Å²) in [6, 6.07) is 11.8. The van der Waals surface area contributed by atoms with Crippen molar-refractivity contribution in [1.29, 1.82) is 0 Å². The van der Waals surface area contributed by atoms with E-state index in [1.807, 2.05) is 6.07 Å². The van der Waals surface area contributed by atoms with E-state index in [2.05, 4.69) is 5.32 Å². The van der Waals surface area contributed by atoms with Gasteiger partial charge in [-0.1, -0.05) is 42.2 Å². The number of carbonyl (C=O) groups is 2. The number of hydrogen-bond donors (Lipinski definition) is 2. The van der Waals surface area contributed by atoms with Crippen LogP contribution in [-0.4, -0.2) is 28.4 Å². The molecule has 1 aliphatic rings. The number of thiocarbonyl (C=S) groups is 1. The summed E-state index contributed by atoms with van der Waals surface area (Å²) in [6.07, 6.45) is 1.73. The second kappa shape index (κ2) is 8.24. The summed E-state index contributed by atoms with van der Waals surface area (Å²) in [4.78, 5) is 23.2. The molecule has 1 heterocycles. The Labute approximate surface area is 165 Å². The first kappa shape index (κ1) is 18.9. The Morgan fingerprint density at radius 2 is 1.96 bits per heavy atom. The second-order valence-corrected chi connectivity index (χ2v) is 7.27. The molecule has 1 aliphatic heterocycles. The highest BCUT2D eigenvalue weighted by Crippen LogP contribution is 2.32. The van der Waals surface area contributed by atoms with Crippen molar-refractivity contribution < 1.29 is 24.2 Å². The van der Waals surface area contributed by atoms with Crippen LogP contribution in [0.25, 0.3) is 6.08 Å². The van der Waals surface area contributed by atoms with E-state index in [-0.39, 0.29) is 18.1 Å². The molecule has 0 unspecified atom stereocenters. The molecule has 6 nitrogen and oxygen atoms in total. The SMILES string of the molecule is COc1cc(C=C2SC(=S)NC2=O)ccc1OCc1ccc(C(=O)O)cc1. The Morgan fingerprint density at radius 3 is 2.56 bits per heavy atom. The third kappa shape index (κ3) is 4.66. The number of hydrogen-bond acceptors (Lipinski definition) is 6. The van der Waals surface area contributed by atoms with Crippen LogP contribution in [0.3, 0.4) is 0 Å².